The Bertz CT molecular complexity index is 1370. The number of urea groups is 1. The van der Waals surface area contributed by atoms with Gasteiger partial charge in [-0.1, -0.05) is 29.8 Å². The van der Waals surface area contributed by atoms with Gasteiger partial charge >= 0.3 is 6.03 Å². The molecule has 0 aliphatic rings. The highest BCUT2D eigenvalue weighted by Gasteiger charge is 2.09. The zero-order valence-electron chi connectivity index (χ0n) is 17.6. The van der Waals surface area contributed by atoms with E-state index in [1.807, 2.05) is 26.0 Å². The van der Waals surface area contributed by atoms with Gasteiger partial charge in [0.25, 0.3) is 5.56 Å². The van der Waals surface area contributed by atoms with Crippen molar-refractivity contribution in [2.75, 3.05) is 10.6 Å². The molecule has 2 aromatic carbocycles. The molecule has 0 aliphatic heterocycles. The van der Waals surface area contributed by atoms with Gasteiger partial charge in [0.2, 0.25) is 0 Å². The van der Waals surface area contributed by atoms with Gasteiger partial charge in [-0.25, -0.2) is 9.78 Å². The molecule has 0 saturated heterocycles. The molecule has 2 aromatic heterocycles. The van der Waals surface area contributed by atoms with Gasteiger partial charge in [-0.05, 0) is 55.3 Å². The summed E-state index contributed by atoms with van der Waals surface area (Å²) in [6.07, 6.45) is 1.69. The van der Waals surface area contributed by atoms with Gasteiger partial charge in [0, 0.05) is 34.7 Å². The Labute approximate surface area is 189 Å². The van der Waals surface area contributed by atoms with Crippen LogP contribution < -0.4 is 20.9 Å². The predicted molar refractivity (Wildman–Crippen MR) is 126 cm³/mol. The molecule has 162 valence electrons. The number of nitrogens with one attached hydrogen (secondary N) is 2. The number of hydrogen-bond donors (Lipinski definition) is 2. The average molecular weight is 449 g/mol. The van der Waals surface area contributed by atoms with Gasteiger partial charge in [-0.15, -0.1) is 0 Å². The van der Waals surface area contributed by atoms with Gasteiger partial charge in [0.15, 0.2) is 0 Å². The van der Waals surface area contributed by atoms with Gasteiger partial charge in [-0.3, -0.25) is 9.20 Å². The summed E-state index contributed by atoms with van der Waals surface area (Å²) in [6, 6.07) is 17.1. The molecule has 0 unspecified atom stereocenters. The number of carbonyl (C=O) groups excluding carboxylic acids is 1. The molecule has 0 fully saturated rings. The summed E-state index contributed by atoms with van der Waals surface area (Å²) >= 11 is 6.10. The van der Waals surface area contributed by atoms with Crippen LogP contribution in [0.15, 0.2) is 71.7 Å². The second-order valence-corrected chi connectivity index (χ2v) is 7.69. The number of amides is 2. The maximum atomic E-state index is 12.4. The van der Waals surface area contributed by atoms with Crippen molar-refractivity contribution >= 4 is 34.7 Å². The first kappa shape index (κ1) is 21.4. The molecule has 8 heteroatoms. The number of aromatic nitrogens is 2. The number of ether oxygens (including phenoxy) is 1. The summed E-state index contributed by atoms with van der Waals surface area (Å²) in [5, 5.41) is 6.14. The van der Waals surface area contributed by atoms with Crippen molar-refractivity contribution in [1.29, 1.82) is 0 Å². The van der Waals surface area contributed by atoms with Crippen molar-refractivity contribution in [1.82, 2.24) is 9.38 Å². The minimum absolute atomic E-state index is 0.122. The number of pyridine rings is 1. The zero-order chi connectivity index (χ0) is 22.7. The molecule has 2 heterocycles. The molecular formula is C24H21ClN4O3. The van der Waals surface area contributed by atoms with Crippen molar-refractivity contribution in [2.45, 2.75) is 20.5 Å². The summed E-state index contributed by atoms with van der Waals surface area (Å²) in [5.74, 6) is 0.536. The van der Waals surface area contributed by atoms with Crippen molar-refractivity contribution in [3.63, 3.8) is 0 Å². The second-order valence-electron chi connectivity index (χ2n) is 7.28. The molecule has 7 nitrogen and oxygen atoms in total. The zero-order valence-corrected chi connectivity index (χ0v) is 18.3. The van der Waals surface area contributed by atoms with Crippen LogP contribution in [0.5, 0.6) is 5.75 Å². The van der Waals surface area contributed by atoms with E-state index in [4.69, 9.17) is 16.3 Å². The normalized spacial score (nSPS) is 10.7. The highest BCUT2D eigenvalue weighted by atomic mass is 35.5. The monoisotopic (exact) mass is 448 g/mol. The molecule has 2 amide bonds. The third-order valence-corrected chi connectivity index (χ3v) is 5.34. The molecule has 0 radical (unpaired) electrons. The largest absolute Gasteiger partial charge is 0.487 e. The first-order valence-electron chi connectivity index (χ1n) is 9.94. The Morgan fingerprint density at radius 1 is 1.06 bits per heavy atom. The van der Waals surface area contributed by atoms with Gasteiger partial charge in [-0.2, -0.15) is 0 Å². The van der Waals surface area contributed by atoms with Crippen LogP contribution in [0.1, 0.15) is 16.8 Å². The van der Waals surface area contributed by atoms with Crippen LogP contribution in [0.4, 0.5) is 16.2 Å². The Balaban J connectivity index is 1.44. The molecule has 0 bridgehead atoms. The topological polar surface area (TPSA) is 84.7 Å². The van der Waals surface area contributed by atoms with E-state index in [-0.39, 0.29) is 12.2 Å². The van der Waals surface area contributed by atoms with E-state index in [2.05, 4.69) is 15.6 Å². The van der Waals surface area contributed by atoms with Crippen LogP contribution in [0.3, 0.4) is 0 Å². The lowest BCUT2D eigenvalue weighted by Gasteiger charge is -2.12. The lowest BCUT2D eigenvalue weighted by Crippen LogP contribution is -2.20. The highest BCUT2D eigenvalue weighted by molar-refractivity contribution is 6.31. The lowest BCUT2D eigenvalue weighted by molar-refractivity contribution is 0.262. The minimum Gasteiger partial charge on any atom is -0.487 e. The summed E-state index contributed by atoms with van der Waals surface area (Å²) < 4.78 is 7.31. The fourth-order valence-corrected chi connectivity index (χ4v) is 3.41. The number of aryl methyl sites for hydroxylation is 1. The molecule has 32 heavy (non-hydrogen) atoms. The number of carbonyl (C=O) groups is 1. The number of nitrogens with zero attached hydrogens (tertiary/aromatic N) is 2. The van der Waals surface area contributed by atoms with Crippen LogP contribution in [0.25, 0.3) is 5.65 Å². The molecule has 0 aliphatic carbocycles. The maximum absolute atomic E-state index is 12.4. The number of rotatable bonds is 5. The lowest BCUT2D eigenvalue weighted by atomic mass is 10.2. The predicted octanol–water partition coefficient (Wildman–Crippen LogP) is 5.19. The van der Waals surface area contributed by atoms with Crippen molar-refractivity contribution < 1.29 is 9.53 Å². The Hall–Kier alpha value is -3.84. The molecule has 0 atom stereocenters. The number of fused-ring (bicyclic) bond motifs is 1. The van der Waals surface area contributed by atoms with E-state index >= 15 is 0 Å². The third kappa shape index (κ3) is 4.73. The summed E-state index contributed by atoms with van der Waals surface area (Å²) in [5.41, 5.74) is 3.84. The smallest absolute Gasteiger partial charge is 0.323 e. The van der Waals surface area contributed by atoms with Crippen LogP contribution in [-0.2, 0) is 6.61 Å². The molecule has 4 aromatic rings. The summed E-state index contributed by atoms with van der Waals surface area (Å²) in [4.78, 5) is 29.2. The molecule has 2 N–H and O–H groups in total. The SMILES string of the molecule is Cc1c(Cl)cccc1NC(=O)Nc1cccc(OCc2cc(=O)n3cccc(C)c3n2)c1. The van der Waals surface area contributed by atoms with Crippen molar-refractivity contribution in [3.8, 4) is 5.75 Å². The Morgan fingerprint density at radius 2 is 1.88 bits per heavy atom. The van der Waals surface area contributed by atoms with Crippen LogP contribution in [0.2, 0.25) is 5.02 Å². The van der Waals surface area contributed by atoms with Gasteiger partial charge in [0.1, 0.15) is 18.0 Å². The fraction of sp³-hybridized carbons (Fsp3) is 0.125. The average Bonchev–Trinajstić information content (AvgIpc) is 2.76. The van der Waals surface area contributed by atoms with E-state index in [0.717, 1.165) is 11.1 Å². The second kappa shape index (κ2) is 9.11. The van der Waals surface area contributed by atoms with E-state index in [9.17, 15) is 9.59 Å². The fourth-order valence-electron chi connectivity index (χ4n) is 3.23. The Kier molecular flexibility index (Phi) is 6.09. The van der Waals surface area contributed by atoms with E-state index < -0.39 is 6.03 Å². The first-order valence-corrected chi connectivity index (χ1v) is 10.3. The van der Waals surface area contributed by atoms with E-state index in [1.54, 1.807) is 48.7 Å². The van der Waals surface area contributed by atoms with Gasteiger partial charge in [0.05, 0.1) is 5.69 Å². The number of halogens is 1. The minimum atomic E-state index is -0.396. The number of anilines is 2. The van der Waals surface area contributed by atoms with E-state index in [0.29, 0.717) is 33.5 Å². The number of hydrogen-bond acceptors (Lipinski definition) is 4. The molecular weight excluding hydrogens is 428 g/mol. The number of benzene rings is 2. The van der Waals surface area contributed by atoms with Crippen molar-refractivity contribution in [2.24, 2.45) is 0 Å². The van der Waals surface area contributed by atoms with Crippen molar-refractivity contribution in [3.05, 3.63) is 99.1 Å². The third-order valence-electron chi connectivity index (χ3n) is 4.93. The maximum Gasteiger partial charge on any atom is 0.323 e. The molecule has 0 saturated carbocycles. The van der Waals surface area contributed by atoms with E-state index in [1.165, 1.54) is 10.5 Å². The van der Waals surface area contributed by atoms with Gasteiger partial charge < -0.3 is 15.4 Å². The standard InChI is InChI=1S/C24H21ClN4O3/c1-15-6-5-11-29-22(30)13-18(26-23(15)29)14-32-19-8-3-7-17(12-19)27-24(31)28-21-10-4-9-20(25)16(21)2/h3-13H,14H2,1-2H3,(H2,27,28,31). The highest BCUT2D eigenvalue weighted by Crippen LogP contribution is 2.23. The quantitative estimate of drug-likeness (QED) is 0.440. The van der Waals surface area contributed by atoms with Crippen LogP contribution in [-0.4, -0.2) is 15.4 Å². The molecule has 4 rings (SSSR count). The summed E-state index contributed by atoms with van der Waals surface area (Å²) in [7, 11) is 0. The molecule has 0 spiro atoms. The first-order chi connectivity index (χ1) is 15.4. The Morgan fingerprint density at radius 3 is 2.72 bits per heavy atom. The van der Waals surface area contributed by atoms with Crippen LogP contribution >= 0.6 is 11.6 Å². The summed E-state index contributed by atoms with van der Waals surface area (Å²) in [6.45, 7) is 3.86. The van der Waals surface area contributed by atoms with Crippen LogP contribution in [0, 0.1) is 13.8 Å².